The molecule has 0 aromatic heterocycles. The largest absolute Gasteiger partial charge is 0.396 e. The summed E-state index contributed by atoms with van der Waals surface area (Å²) in [5.74, 6) is 1.56. The highest BCUT2D eigenvalue weighted by molar-refractivity contribution is 7.98. The molecular weight excluding hydrogens is 192 g/mol. The van der Waals surface area contributed by atoms with Crippen molar-refractivity contribution in [3.8, 4) is 0 Å². The van der Waals surface area contributed by atoms with Gasteiger partial charge in [-0.3, -0.25) is 0 Å². The molecule has 1 aromatic carbocycles. The normalized spacial score (nSPS) is 12.7. The van der Waals surface area contributed by atoms with Crippen LogP contribution in [-0.2, 0) is 6.42 Å². The third-order valence-electron chi connectivity index (χ3n) is 2.36. The summed E-state index contributed by atoms with van der Waals surface area (Å²) in [5, 5.41) is 9.20. The highest BCUT2D eigenvalue weighted by atomic mass is 32.2. The van der Waals surface area contributed by atoms with E-state index >= 15 is 0 Å². The molecule has 0 aliphatic heterocycles. The molecular formula is C12H18OS. The summed E-state index contributed by atoms with van der Waals surface area (Å²) in [7, 11) is 0. The van der Waals surface area contributed by atoms with Gasteiger partial charge in [-0.25, -0.2) is 0 Å². The van der Waals surface area contributed by atoms with E-state index in [2.05, 4.69) is 30.5 Å². The van der Waals surface area contributed by atoms with Crippen LogP contribution in [0.3, 0.4) is 0 Å². The Morgan fingerprint density at radius 3 is 2.57 bits per heavy atom. The van der Waals surface area contributed by atoms with Crippen molar-refractivity contribution in [1.82, 2.24) is 0 Å². The first-order chi connectivity index (χ1) is 6.86. The molecule has 1 atom stereocenters. The Labute approximate surface area is 90.5 Å². The lowest BCUT2D eigenvalue weighted by atomic mass is 9.98. The summed E-state index contributed by atoms with van der Waals surface area (Å²) in [6.45, 7) is 0.301. The van der Waals surface area contributed by atoms with E-state index in [0.717, 1.165) is 18.6 Å². The molecule has 1 rings (SSSR count). The number of rotatable bonds is 6. The van der Waals surface area contributed by atoms with Crippen LogP contribution in [0.2, 0.25) is 0 Å². The minimum Gasteiger partial charge on any atom is -0.396 e. The summed E-state index contributed by atoms with van der Waals surface area (Å²) in [4.78, 5) is 0. The molecule has 0 aliphatic carbocycles. The van der Waals surface area contributed by atoms with Gasteiger partial charge < -0.3 is 5.11 Å². The van der Waals surface area contributed by atoms with Gasteiger partial charge in [0.05, 0.1) is 0 Å². The lowest BCUT2D eigenvalue weighted by Crippen LogP contribution is -2.10. The minimum atomic E-state index is 0.301. The molecule has 0 saturated carbocycles. The maximum Gasteiger partial charge on any atom is 0.0462 e. The van der Waals surface area contributed by atoms with Crippen LogP contribution in [0, 0.1) is 5.92 Å². The first-order valence-electron chi connectivity index (χ1n) is 5.00. The van der Waals surface area contributed by atoms with Crippen LogP contribution in [-0.4, -0.2) is 23.7 Å². The van der Waals surface area contributed by atoms with Gasteiger partial charge >= 0.3 is 0 Å². The standard InChI is InChI=1S/C12H18OS/c1-14-8-7-12(10-13)9-11-5-3-2-4-6-11/h2-6,12-13H,7-10H2,1H3. The number of hydrogen-bond donors (Lipinski definition) is 1. The summed E-state index contributed by atoms with van der Waals surface area (Å²) < 4.78 is 0. The predicted octanol–water partition coefficient (Wildman–Crippen LogP) is 2.59. The summed E-state index contributed by atoms with van der Waals surface area (Å²) in [6, 6.07) is 10.4. The highest BCUT2D eigenvalue weighted by Gasteiger charge is 2.07. The number of thioether (sulfide) groups is 1. The minimum absolute atomic E-state index is 0.301. The molecule has 0 aliphatic rings. The maximum absolute atomic E-state index is 9.20. The van der Waals surface area contributed by atoms with Gasteiger partial charge in [-0.2, -0.15) is 11.8 Å². The van der Waals surface area contributed by atoms with Crippen LogP contribution in [0.5, 0.6) is 0 Å². The Bertz CT molecular complexity index is 235. The molecule has 1 nitrogen and oxygen atoms in total. The zero-order valence-corrected chi connectivity index (χ0v) is 9.46. The predicted molar refractivity (Wildman–Crippen MR) is 63.7 cm³/mol. The third kappa shape index (κ3) is 4.16. The number of aliphatic hydroxyl groups is 1. The SMILES string of the molecule is CSCCC(CO)Cc1ccccc1. The van der Waals surface area contributed by atoms with Crippen molar-refractivity contribution in [2.75, 3.05) is 18.6 Å². The van der Waals surface area contributed by atoms with Crippen LogP contribution < -0.4 is 0 Å². The Hall–Kier alpha value is -0.470. The highest BCUT2D eigenvalue weighted by Crippen LogP contribution is 2.13. The summed E-state index contributed by atoms with van der Waals surface area (Å²) in [5.41, 5.74) is 1.33. The van der Waals surface area contributed by atoms with E-state index in [-0.39, 0.29) is 0 Å². The van der Waals surface area contributed by atoms with E-state index in [1.165, 1.54) is 5.56 Å². The first-order valence-corrected chi connectivity index (χ1v) is 6.40. The Kier molecular flexibility index (Phi) is 5.72. The molecule has 1 aromatic rings. The number of aliphatic hydroxyl groups excluding tert-OH is 1. The van der Waals surface area contributed by atoms with Crippen molar-refractivity contribution in [2.45, 2.75) is 12.8 Å². The maximum atomic E-state index is 9.20. The average molecular weight is 210 g/mol. The van der Waals surface area contributed by atoms with Crippen molar-refractivity contribution < 1.29 is 5.11 Å². The third-order valence-corrected chi connectivity index (χ3v) is 3.00. The zero-order chi connectivity index (χ0) is 10.2. The van der Waals surface area contributed by atoms with Crippen LogP contribution in [0.1, 0.15) is 12.0 Å². The van der Waals surface area contributed by atoms with Crippen LogP contribution in [0.4, 0.5) is 0 Å². The van der Waals surface area contributed by atoms with Crippen molar-refractivity contribution >= 4 is 11.8 Å². The van der Waals surface area contributed by atoms with E-state index in [1.54, 1.807) is 0 Å². The molecule has 78 valence electrons. The Morgan fingerprint density at radius 2 is 2.00 bits per heavy atom. The second-order valence-corrected chi connectivity index (χ2v) is 4.51. The molecule has 0 bridgehead atoms. The summed E-state index contributed by atoms with van der Waals surface area (Å²) >= 11 is 1.84. The van der Waals surface area contributed by atoms with Gasteiger partial charge in [0.1, 0.15) is 0 Å². The molecule has 0 fully saturated rings. The van der Waals surface area contributed by atoms with E-state index < -0.39 is 0 Å². The second kappa shape index (κ2) is 6.91. The fraction of sp³-hybridized carbons (Fsp3) is 0.500. The smallest absolute Gasteiger partial charge is 0.0462 e. The van der Waals surface area contributed by atoms with Gasteiger partial charge in [0.25, 0.3) is 0 Å². The van der Waals surface area contributed by atoms with E-state index in [9.17, 15) is 5.11 Å². The quantitative estimate of drug-likeness (QED) is 0.779. The molecule has 0 saturated heterocycles. The van der Waals surface area contributed by atoms with Gasteiger partial charge in [-0.05, 0) is 36.3 Å². The van der Waals surface area contributed by atoms with Gasteiger partial charge in [-0.15, -0.1) is 0 Å². The van der Waals surface area contributed by atoms with Crippen LogP contribution in [0.25, 0.3) is 0 Å². The van der Waals surface area contributed by atoms with Gasteiger partial charge in [0.15, 0.2) is 0 Å². The number of benzene rings is 1. The zero-order valence-electron chi connectivity index (χ0n) is 8.65. The molecule has 1 unspecified atom stereocenters. The molecule has 14 heavy (non-hydrogen) atoms. The van der Waals surface area contributed by atoms with Crippen LogP contribution in [0.15, 0.2) is 30.3 Å². The van der Waals surface area contributed by atoms with Crippen molar-refractivity contribution in [2.24, 2.45) is 5.92 Å². The van der Waals surface area contributed by atoms with Crippen molar-refractivity contribution in [3.05, 3.63) is 35.9 Å². The Morgan fingerprint density at radius 1 is 1.29 bits per heavy atom. The van der Waals surface area contributed by atoms with Crippen LogP contribution >= 0.6 is 11.8 Å². The molecule has 0 spiro atoms. The topological polar surface area (TPSA) is 20.2 Å². The lowest BCUT2D eigenvalue weighted by Gasteiger charge is -2.13. The number of hydrogen-bond acceptors (Lipinski definition) is 2. The monoisotopic (exact) mass is 210 g/mol. The second-order valence-electron chi connectivity index (χ2n) is 3.52. The lowest BCUT2D eigenvalue weighted by molar-refractivity contribution is 0.223. The van der Waals surface area contributed by atoms with Gasteiger partial charge in [0.2, 0.25) is 0 Å². The molecule has 0 radical (unpaired) electrons. The first kappa shape index (κ1) is 11.6. The fourth-order valence-electron chi connectivity index (χ4n) is 1.49. The molecule has 2 heteroatoms. The Balaban J connectivity index is 2.40. The van der Waals surface area contributed by atoms with Crippen molar-refractivity contribution in [3.63, 3.8) is 0 Å². The fourth-order valence-corrected chi connectivity index (χ4v) is 2.06. The molecule has 0 heterocycles. The van der Waals surface area contributed by atoms with Gasteiger partial charge in [-0.1, -0.05) is 30.3 Å². The summed E-state index contributed by atoms with van der Waals surface area (Å²) in [6.07, 6.45) is 4.21. The van der Waals surface area contributed by atoms with Gasteiger partial charge in [0, 0.05) is 6.61 Å². The molecule has 0 amide bonds. The van der Waals surface area contributed by atoms with E-state index in [0.29, 0.717) is 12.5 Å². The van der Waals surface area contributed by atoms with E-state index in [1.807, 2.05) is 17.8 Å². The average Bonchev–Trinajstić information content (AvgIpc) is 2.25. The molecule has 1 N–H and O–H groups in total. The van der Waals surface area contributed by atoms with E-state index in [4.69, 9.17) is 0 Å². The van der Waals surface area contributed by atoms with Crippen molar-refractivity contribution in [1.29, 1.82) is 0 Å².